The van der Waals surface area contributed by atoms with Crippen LogP contribution in [0.5, 0.6) is 11.5 Å². The molecule has 102 valence electrons. The van der Waals surface area contributed by atoms with Crippen molar-refractivity contribution in [3.63, 3.8) is 0 Å². The van der Waals surface area contributed by atoms with E-state index in [4.69, 9.17) is 9.47 Å². The molecular formula is C13H15NO5. The molecule has 1 saturated heterocycles. The number of carbonyl (C=O) groups is 2. The molecule has 0 saturated carbocycles. The molecule has 1 heterocycles. The van der Waals surface area contributed by atoms with Crippen molar-refractivity contribution in [3.05, 3.63) is 23.8 Å². The van der Waals surface area contributed by atoms with Crippen molar-refractivity contribution >= 4 is 11.9 Å². The molecule has 1 aromatic carbocycles. The Morgan fingerprint density at radius 1 is 1.37 bits per heavy atom. The van der Waals surface area contributed by atoms with Crippen LogP contribution >= 0.6 is 0 Å². The van der Waals surface area contributed by atoms with Gasteiger partial charge < -0.3 is 19.9 Å². The van der Waals surface area contributed by atoms with Crippen LogP contribution in [0.2, 0.25) is 0 Å². The lowest BCUT2D eigenvalue weighted by molar-refractivity contribution is -0.145. The number of hydrogen-bond acceptors (Lipinski definition) is 4. The van der Waals surface area contributed by atoms with Gasteiger partial charge in [0.15, 0.2) is 11.5 Å². The van der Waals surface area contributed by atoms with E-state index < -0.39 is 23.7 Å². The molecular weight excluding hydrogens is 250 g/mol. The van der Waals surface area contributed by atoms with Crippen LogP contribution < -0.4 is 14.8 Å². The van der Waals surface area contributed by atoms with Crippen LogP contribution in [-0.4, -0.2) is 37.7 Å². The van der Waals surface area contributed by atoms with Crippen molar-refractivity contribution in [2.24, 2.45) is 5.92 Å². The van der Waals surface area contributed by atoms with Gasteiger partial charge in [0.2, 0.25) is 5.91 Å². The fourth-order valence-corrected chi connectivity index (χ4v) is 2.40. The van der Waals surface area contributed by atoms with E-state index in [1.807, 2.05) is 0 Å². The highest BCUT2D eigenvalue weighted by atomic mass is 16.5. The molecule has 2 rings (SSSR count). The lowest BCUT2D eigenvalue weighted by atomic mass is 9.88. The Kier molecular flexibility index (Phi) is 3.59. The Morgan fingerprint density at radius 2 is 2.11 bits per heavy atom. The second-order valence-electron chi connectivity index (χ2n) is 4.25. The predicted octanol–water partition coefficient (Wildman–Crippen LogP) is 0.618. The third-order valence-electron chi connectivity index (χ3n) is 3.28. The van der Waals surface area contributed by atoms with E-state index in [9.17, 15) is 14.7 Å². The summed E-state index contributed by atoms with van der Waals surface area (Å²) in [6.45, 7) is 0.277. The summed E-state index contributed by atoms with van der Waals surface area (Å²) in [4.78, 5) is 22.8. The molecule has 2 atom stereocenters. The molecule has 0 aliphatic carbocycles. The largest absolute Gasteiger partial charge is 0.493 e. The molecule has 0 aromatic heterocycles. The van der Waals surface area contributed by atoms with Gasteiger partial charge in [-0.2, -0.15) is 0 Å². The smallest absolute Gasteiger partial charge is 0.316 e. The highest BCUT2D eigenvalue weighted by Crippen LogP contribution is 2.40. The van der Waals surface area contributed by atoms with Gasteiger partial charge >= 0.3 is 5.97 Å². The Labute approximate surface area is 110 Å². The number of carbonyl (C=O) groups excluding carboxylic acids is 1. The van der Waals surface area contributed by atoms with Crippen molar-refractivity contribution < 1.29 is 24.2 Å². The third-order valence-corrected chi connectivity index (χ3v) is 3.28. The fourth-order valence-electron chi connectivity index (χ4n) is 2.40. The lowest BCUT2D eigenvalue weighted by Gasteiger charge is -2.18. The third kappa shape index (κ3) is 2.21. The maximum absolute atomic E-state index is 11.6. The summed E-state index contributed by atoms with van der Waals surface area (Å²) in [7, 11) is 3.00. The van der Waals surface area contributed by atoms with Crippen molar-refractivity contribution in [2.75, 3.05) is 20.8 Å². The predicted molar refractivity (Wildman–Crippen MR) is 66.4 cm³/mol. The van der Waals surface area contributed by atoms with E-state index in [-0.39, 0.29) is 6.54 Å². The fraction of sp³-hybridized carbons (Fsp3) is 0.385. The molecule has 1 aliphatic heterocycles. The molecule has 1 fully saturated rings. The van der Waals surface area contributed by atoms with E-state index in [1.165, 1.54) is 14.2 Å². The summed E-state index contributed by atoms with van der Waals surface area (Å²) < 4.78 is 10.5. The Hall–Kier alpha value is -2.24. The monoisotopic (exact) mass is 265 g/mol. The Bertz CT molecular complexity index is 514. The summed E-state index contributed by atoms with van der Waals surface area (Å²) in [6.07, 6.45) is 0. The topological polar surface area (TPSA) is 84.9 Å². The molecule has 2 N–H and O–H groups in total. The van der Waals surface area contributed by atoms with E-state index in [2.05, 4.69) is 5.32 Å². The van der Waals surface area contributed by atoms with Crippen LogP contribution in [0.15, 0.2) is 18.2 Å². The standard InChI is InChI=1S/C13H15NO5/c1-18-9-5-3-4-7(11(9)19-2)8-6-14-12(15)10(8)13(16)17/h3-5,8,10H,6H2,1-2H3,(H,14,15)(H,16,17)/t8-,10+/m1/s1. The van der Waals surface area contributed by atoms with Crippen LogP contribution in [0.4, 0.5) is 0 Å². The molecule has 19 heavy (non-hydrogen) atoms. The van der Waals surface area contributed by atoms with Crippen LogP contribution in [0.25, 0.3) is 0 Å². The van der Waals surface area contributed by atoms with Gasteiger partial charge in [-0.1, -0.05) is 12.1 Å². The van der Waals surface area contributed by atoms with Gasteiger partial charge in [0.1, 0.15) is 5.92 Å². The first kappa shape index (κ1) is 13.2. The van der Waals surface area contributed by atoms with Gasteiger partial charge in [-0.15, -0.1) is 0 Å². The Morgan fingerprint density at radius 3 is 2.68 bits per heavy atom. The number of nitrogens with one attached hydrogen (secondary N) is 1. The summed E-state index contributed by atoms with van der Waals surface area (Å²) in [6, 6.07) is 5.23. The maximum Gasteiger partial charge on any atom is 0.316 e. The number of ether oxygens (including phenoxy) is 2. The van der Waals surface area contributed by atoms with Crippen molar-refractivity contribution in [1.82, 2.24) is 5.32 Å². The summed E-state index contributed by atoms with van der Waals surface area (Å²) >= 11 is 0. The Balaban J connectivity index is 2.47. The molecule has 1 amide bonds. The number of aliphatic carboxylic acids is 1. The number of hydrogen-bond donors (Lipinski definition) is 2. The average molecular weight is 265 g/mol. The van der Waals surface area contributed by atoms with E-state index in [1.54, 1.807) is 18.2 Å². The number of methoxy groups -OCH3 is 2. The average Bonchev–Trinajstić information content (AvgIpc) is 2.79. The van der Waals surface area contributed by atoms with Crippen LogP contribution in [0.3, 0.4) is 0 Å². The normalized spacial score (nSPS) is 21.9. The molecule has 6 heteroatoms. The first-order chi connectivity index (χ1) is 9.10. The van der Waals surface area contributed by atoms with Crippen molar-refractivity contribution in [2.45, 2.75) is 5.92 Å². The van der Waals surface area contributed by atoms with Gasteiger partial charge in [0, 0.05) is 18.0 Å². The minimum Gasteiger partial charge on any atom is -0.493 e. The minimum atomic E-state index is -1.13. The molecule has 0 spiro atoms. The number of amides is 1. The summed E-state index contributed by atoms with van der Waals surface area (Å²) in [5.74, 6) is -2.18. The first-order valence-corrected chi connectivity index (χ1v) is 5.81. The van der Waals surface area contributed by atoms with Gasteiger partial charge in [0.25, 0.3) is 0 Å². The van der Waals surface area contributed by atoms with Crippen LogP contribution in [0.1, 0.15) is 11.5 Å². The lowest BCUT2D eigenvalue weighted by Crippen LogP contribution is -2.26. The zero-order valence-electron chi connectivity index (χ0n) is 10.7. The molecule has 6 nitrogen and oxygen atoms in total. The van der Waals surface area contributed by atoms with Crippen LogP contribution in [0, 0.1) is 5.92 Å². The molecule has 0 unspecified atom stereocenters. The second kappa shape index (κ2) is 5.17. The molecule has 1 aliphatic rings. The zero-order chi connectivity index (χ0) is 14.0. The number of rotatable bonds is 4. The number of carboxylic acid groups (broad SMARTS) is 1. The van der Waals surface area contributed by atoms with E-state index in [0.717, 1.165) is 0 Å². The molecule has 1 aromatic rings. The highest BCUT2D eigenvalue weighted by Gasteiger charge is 2.42. The van der Waals surface area contributed by atoms with Gasteiger partial charge in [0.05, 0.1) is 14.2 Å². The zero-order valence-corrected chi connectivity index (χ0v) is 10.7. The SMILES string of the molecule is COc1cccc([C@H]2CNC(=O)[C@H]2C(=O)O)c1OC. The van der Waals surface area contributed by atoms with Crippen molar-refractivity contribution in [3.8, 4) is 11.5 Å². The summed E-state index contributed by atoms with van der Waals surface area (Å²) in [5.41, 5.74) is 0.660. The minimum absolute atomic E-state index is 0.277. The molecule has 0 radical (unpaired) electrons. The van der Waals surface area contributed by atoms with Gasteiger partial charge in [-0.3, -0.25) is 9.59 Å². The van der Waals surface area contributed by atoms with Gasteiger partial charge in [-0.25, -0.2) is 0 Å². The maximum atomic E-state index is 11.6. The van der Waals surface area contributed by atoms with Gasteiger partial charge in [-0.05, 0) is 6.07 Å². The number of para-hydroxylation sites is 1. The number of benzene rings is 1. The van der Waals surface area contributed by atoms with E-state index >= 15 is 0 Å². The van der Waals surface area contributed by atoms with Crippen LogP contribution in [-0.2, 0) is 9.59 Å². The van der Waals surface area contributed by atoms with E-state index in [0.29, 0.717) is 17.1 Å². The first-order valence-electron chi connectivity index (χ1n) is 5.81. The summed E-state index contributed by atoms with van der Waals surface area (Å²) in [5, 5.41) is 11.7. The van der Waals surface area contributed by atoms with Crippen molar-refractivity contribution in [1.29, 1.82) is 0 Å². The number of carboxylic acids is 1. The highest BCUT2D eigenvalue weighted by molar-refractivity contribution is 6.00. The quantitative estimate of drug-likeness (QED) is 0.779. The second-order valence-corrected chi connectivity index (χ2v) is 4.25. The molecule has 0 bridgehead atoms.